The second kappa shape index (κ2) is 7.42. The van der Waals surface area contributed by atoms with Crippen LogP contribution in [0.25, 0.3) is 0 Å². The standard InChI is InChI=1S/C23H32FN3O/c1-25(19-4-2-3-5-19)15-21(28)27-14-20(16-6-8-18(24)9-7-16)23-22(27)17-10-12-26(23)13-11-17/h6-9,17,19-20,22-23H,2-5,10-15H2,1H3/t20-,22+,23+/m0/s1. The van der Waals surface area contributed by atoms with Crippen molar-refractivity contribution in [1.82, 2.24) is 14.7 Å². The van der Waals surface area contributed by atoms with Crippen molar-refractivity contribution in [3.8, 4) is 0 Å². The molecule has 1 saturated carbocycles. The molecule has 1 aliphatic carbocycles. The Morgan fingerprint density at radius 2 is 1.75 bits per heavy atom. The van der Waals surface area contributed by atoms with Gasteiger partial charge in [0.05, 0.1) is 12.6 Å². The maximum atomic E-state index is 13.5. The van der Waals surface area contributed by atoms with Crippen LogP contribution in [0.3, 0.4) is 0 Å². The maximum Gasteiger partial charge on any atom is 0.237 e. The summed E-state index contributed by atoms with van der Waals surface area (Å²) < 4.78 is 13.5. The molecule has 152 valence electrons. The highest BCUT2D eigenvalue weighted by molar-refractivity contribution is 5.79. The van der Waals surface area contributed by atoms with Crippen LogP contribution in [0, 0.1) is 11.7 Å². The first-order valence-electron chi connectivity index (χ1n) is 11.1. The molecular weight excluding hydrogens is 353 g/mol. The van der Waals surface area contributed by atoms with Crippen molar-refractivity contribution in [2.45, 2.75) is 62.6 Å². The van der Waals surface area contributed by atoms with Gasteiger partial charge in [0.1, 0.15) is 5.82 Å². The van der Waals surface area contributed by atoms with Gasteiger partial charge in [-0.25, -0.2) is 4.39 Å². The van der Waals surface area contributed by atoms with Gasteiger partial charge in [0.2, 0.25) is 5.91 Å². The minimum atomic E-state index is -0.185. The fourth-order valence-corrected chi connectivity index (χ4v) is 6.49. The molecule has 4 saturated heterocycles. The van der Waals surface area contributed by atoms with E-state index in [4.69, 9.17) is 0 Å². The van der Waals surface area contributed by atoms with Gasteiger partial charge in [0.25, 0.3) is 0 Å². The average molecular weight is 386 g/mol. The molecule has 1 aromatic carbocycles. The van der Waals surface area contributed by atoms with E-state index in [-0.39, 0.29) is 5.82 Å². The molecule has 2 bridgehead atoms. The topological polar surface area (TPSA) is 26.8 Å². The van der Waals surface area contributed by atoms with E-state index < -0.39 is 0 Å². The first-order chi connectivity index (χ1) is 13.6. The molecule has 0 unspecified atom stereocenters. The number of amides is 1. The SMILES string of the molecule is CN(CC(=O)N1C[C@@H](c2ccc(F)cc2)[C@@H]2[C@H]1C1CCN2CC1)C1CCCC1. The highest BCUT2D eigenvalue weighted by atomic mass is 19.1. The number of fused-ring (bicyclic) bond motifs is 2. The summed E-state index contributed by atoms with van der Waals surface area (Å²) in [5.74, 6) is 1.04. The van der Waals surface area contributed by atoms with E-state index in [1.165, 1.54) is 44.1 Å². The normalized spacial score (nSPS) is 35.0. The Morgan fingerprint density at radius 3 is 2.43 bits per heavy atom. The zero-order valence-electron chi connectivity index (χ0n) is 16.9. The van der Waals surface area contributed by atoms with Crippen LogP contribution in [0.15, 0.2) is 24.3 Å². The van der Waals surface area contributed by atoms with Gasteiger partial charge in [-0.3, -0.25) is 14.6 Å². The number of hydrogen-bond acceptors (Lipinski definition) is 3. The lowest BCUT2D eigenvalue weighted by Gasteiger charge is -2.51. The van der Waals surface area contributed by atoms with E-state index in [1.54, 1.807) is 12.1 Å². The molecule has 0 N–H and O–H groups in total. The maximum absolute atomic E-state index is 13.5. The van der Waals surface area contributed by atoms with Gasteiger partial charge >= 0.3 is 0 Å². The van der Waals surface area contributed by atoms with Crippen LogP contribution in [0.5, 0.6) is 0 Å². The summed E-state index contributed by atoms with van der Waals surface area (Å²) in [5.41, 5.74) is 1.18. The number of carbonyl (C=O) groups is 1. The Labute approximate surface area is 167 Å². The Hall–Kier alpha value is -1.46. The quantitative estimate of drug-likeness (QED) is 0.797. The summed E-state index contributed by atoms with van der Waals surface area (Å²) >= 11 is 0. The Balaban J connectivity index is 1.38. The third-order valence-electron chi connectivity index (χ3n) is 7.95. The van der Waals surface area contributed by atoms with Crippen molar-refractivity contribution in [2.24, 2.45) is 5.92 Å². The summed E-state index contributed by atoms with van der Waals surface area (Å²) in [4.78, 5) is 20.5. The van der Waals surface area contributed by atoms with Crippen molar-refractivity contribution < 1.29 is 9.18 Å². The van der Waals surface area contributed by atoms with Crippen LogP contribution >= 0.6 is 0 Å². The number of likely N-dealkylation sites (tertiary alicyclic amines) is 1. The minimum Gasteiger partial charge on any atom is -0.336 e. The molecule has 5 heteroatoms. The van der Waals surface area contributed by atoms with Crippen LogP contribution in [0.4, 0.5) is 4.39 Å². The van der Waals surface area contributed by atoms with Crippen LogP contribution in [-0.4, -0.2) is 72.0 Å². The van der Waals surface area contributed by atoms with Crippen LogP contribution in [0.1, 0.15) is 50.0 Å². The summed E-state index contributed by atoms with van der Waals surface area (Å²) in [5, 5.41) is 0. The van der Waals surface area contributed by atoms with E-state index in [9.17, 15) is 9.18 Å². The van der Waals surface area contributed by atoms with E-state index in [2.05, 4.69) is 21.7 Å². The monoisotopic (exact) mass is 385 g/mol. The summed E-state index contributed by atoms with van der Waals surface area (Å²) in [6.45, 7) is 3.61. The zero-order valence-corrected chi connectivity index (χ0v) is 16.9. The molecule has 1 aromatic rings. The van der Waals surface area contributed by atoms with Crippen molar-refractivity contribution >= 4 is 5.91 Å². The predicted octanol–water partition coefficient (Wildman–Crippen LogP) is 3.09. The number of hydrogen-bond donors (Lipinski definition) is 0. The van der Waals surface area contributed by atoms with Gasteiger partial charge < -0.3 is 4.90 Å². The molecule has 28 heavy (non-hydrogen) atoms. The Morgan fingerprint density at radius 1 is 1.07 bits per heavy atom. The Kier molecular flexibility index (Phi) is 4.92. The van der Waals surface area contributed by atoms with Gasteiger partial charge in [0.15, 0.2) is 0 Å². The summed E-state index contributed by atoms with van der Waals surface area (Å²) in [6, 6.07) is 8.30. The average Bonchev–Trinajstić information content (AvgIpc) is 3.39. The van der Waals surface area contributed by atoms with Gasteiger partial charge in [-0.05, 0) is 69.4 Å². The van der Waals surface area contributed by atoms with E-state index in [0.717, 1.165) is 19.6 Å². The molecule has 3 atom stereocenters. The lowest BCUT2D eigenvalue weighted by atomic mass is 9.75. The predicted molar refractivity (Wildman–Crippen MR) is 108 cm³/mol. The molecule has 5 fully saturated rings. The molecule has 4 aliphatic heterocycles. The third kappa shape index (κ3) is 3.17. The van der Waals surface area contributed by atoms with Gasteiger partial charge in [0, 0.05) is 24.5 Å². The van der Waals surface area contributed by atoms with Crippen LogP contribution in [0.2, 0.25) is 0 Å². The summed E-state index contributed by atoms with van der Waals surface area (Å²) in [7, 11) is 2.12. The van der Waals surface area contributed by atoms with Crippen LogP contribution in [-0.2, 0) is 4.79 Å². The summed E-state index contributed by atoms with van der Waals surface area (Å²) in [6.07, 6.45) is 7.45. The molecule has 6 rings (SSSR count). The number of halogens is 1. The smallest absolute Gasteiger partial charge is 0.237 e. The van der Waals surface area contributed by atoms with Crippen molar-refractivity contribution in [1.29, 1.82) is 0 Å². The first kappa shape index (κ1) is 18.6. The van der Waals surface area contributed by atoms with Crippen molar-refractivity contribution in [3.63, 3.8) is 0 Å². The van der Waals surface area contributed by atoms with E-state index >= 15 is 0 Å². The molecule has 1 amide bonds. The number of rotatable bonds is 4. The number of piperidine rings is 3. The van der Waals surface area contributed by atoms with Crippen molar-refractivity contribution in [3.05, 3.63) is 35.6 Å². The number of benzene rings is 1. The molecule has 5 aliphatic rings. The number of likely N-dealkylation sites (N-methyl/N-ethyl adjacent to an activating group) is 1. The third-order valence-corrected chi connectivity index (χ3v) is 7.95. The highest BCUT2D eigenvalue weighted by Gasteiger charge is 2.54. The largest absolute Gasteiger partial charge is 0.336 e. The Bertz CT molecular complexity index is 709. The van der Waals surface area contributed by atoms with Gasteiger partial charge in [-0.1, -0.05) is 25.0 Å². The molecule has 4 nitrogen and oxygen atoms in total. The van der Waals surface area contributed by atoms with E-state index in [1.807, 2.05) is 12.1 Å². The van der Waals surface area contributed by atoms with Gasteiger partial charge in [-0.2, -0.15) is 0 Å². The molecule has 0 radical (unpaired) electrons. The molecule has 0 spiro atoms. The van der Waals surface area contributed by atoms with E-state index in [0.29, 0.717) is 42.4 Å². The lowest BCUT2D eigenvalue weighted by molar-refractivity contribution is -0.137. The number of carbonyl (C=O) groups excluding carboxylic acids is 1. The second-order valence-corrected chi connectivity index (χ2v) is 9.41. The fraction of sp³-hybridized carbons (Fsp3) is 0.696. The first-order valence-corrected chi connectivity index (χ1v) is 11.1. The minimum absolute atomic E-state index is 0.185. The number of nitrogens with zero attached hydrogens (tertiary/aromatic N) is 3. The second-order valence-electron chi connectivity index (χ2n) is 9.41. The highest BCUT2D eigenvalue weighted by Crippen LogP contribution is 2.46. The fourth-order valence-electron chi connectivity index (χ4n) is 6.49. The molecule has 0 aromatic heterocycles. The molecule has 4 heterocycles. The van der Waals surface area contributed by atoms with Gasteiger partial charge in [-0.15, -0.1) is 0 Å². The zero-order chi connectivity index (χ0) is 19.3. The van der Waals surface area contributed by atoms with Crippen molar-refractivity contribution in [2.75, 3.05) is 33.2 Å². The lowest BCUT2D eigenvalue weighted by Crippen LogP contribution is -2.61. The molecular formula is C23H32FN3O. The van der Waals surface area contributed by atoms with Crippen LogP contribution < -0.4 is 0 Å².